The molecule has 0 unspecified atom stereocenters. The van der Waals surface area contributed by atoms with Crippen LogP contribution in [0.2, 0.25) is 0 Å². The van der Waals surface area contributed by atoms with Gasteiger partial charge in [-0.2, -0.15) is 8.42 Å². The third-order valence-electron chi connectivity index (χ3n) is 10.9. The van der Waals surface area contributed by atoms with Crippen LogP contribution in [0.5, 0.6) is 34.5 Å². The Morgan fingerprint density at radius 1 is 0.476 bits per heavy atom. The number of benzene rings is 4. The second kappa shape index (κ2) is 31.9. The van der Waals surface area contributed by atoms with Gasteiger partial charge in [-0.25, -0.2) is 8.42 Å². The molecule has 0 bridgehead atoms. The minimum Gasteiger partial charge on any atom is -0.872 e. The predicted molar refractivity (Wildman–Crippen MR) is 251 cm³/mol. The van der Waals surface area contributed by atoms with Crippen LogP contribution in [-0.2, 0) is 33.1 Å². The van der Waals surface area contributed by atoms with Gasteiger partial charge in [0.2, 0.25) is 0 Å². The van der Waals surface area contributed by atoms with Crippen molar-refractivity contribution in [2.75, 3.05) is 0 Å². The monoisotopic (exact) mass is 934 g/mol. The molecule has 0 aliphatic carbocycles. The Balaban J connectivity index is 0.000000427. The number of phenols is 1. The molecular formula is C50H70CaO10S2. The fourth-order valence-corrected chi connectivity index (χ4v) is 8.28. The van der Waals surface area contributed by atoms with Crippen LogP contribution in [0.1, 0.15) is 166 Å². The standard InChI is InChI=1S/2C25H36O5S.Ca/c2*1-2-3-4-5-6-7-8-9-10-11-12-14-23-24(26)15-13-16-25(23)30-21-17-19-22(20-18-21)31(27,28)29;/h2*13,15-20,26H,2-12,14H2,1H3,(H,27,28,29);/q;;+2/p-2. The second-order valence-corrected chi connectivity index (χ2v) is 18.9. The summed E-state index contributed by atoms with van der Waals surface area (Å²) in [6, 6.07) is 20.9. The molecule has 0 saturated heterocycles. The van der Waals surface area contributed by atoms with E-state index in [9.17, 15) is 31.6 Å². The van der Waals surface area contributed by atoms with Crippen LogP contribution in [0.3, 0.4) is 0 Å². The Kier molecular flexibility index (Phi) is 28.5. The molecular weight excluding hydrogens is 865 g/mol. The van der Waals surface area contributed by atoms with Gasteiger partial charge < -0.3 is 24.2 Å². The summed E-state index contributed by atoms with van der Waals surface area (Å²) in [6.07, 6.45) is 29.0. The Labute approximate surface area is 408 Å². The van der Waals surface area contributed by atoms with Crippen molar-refractivity contribution in [2.24, 2.45) is 0 Å². The van der Waals surface area contributed by atoms with Crippen LogP contribution in [0.15, 0.2) is 94.7 Å². The van der Waals surface area contributed by atoms with Crippen molar-refractivity contribution in [1.29, 1.82) is 0 Å². The smallest absolute Gasteiger partial charge is 0.872 e. The summed E-state index contributed by atoms with van der Waals surface area (Å²) >= 11 is 0. The minimum atomic E-state index is -4.49. The summed E-state index contributed by atoms with van der Waals surface area (Å²) < 4.78 is 76.2. The van der Waals surface area contributed by atoms with E-state index in [-0.39, 0.29) is 59.0 Å². The second-order valence-electron chi connectivity index (χ2n) is 16.1. The molecule has 344 valence electrons. The van der Waals surface area contributed by atoms with E-state index in [1.165, 1.54) is 170 Å². The number of hydrogen-bond donors (Lipinski definition) is 2. The zero-order valence-corrected chi connectivity index (χ0v) is 41.6. The van der Waals surface area contributed by atoms with Crippen LogP contribution >= 0.6 is 0 Å². The maximum Gasteiger partial charge on any atom is 2.00 e. The average Bonchev–Trinajstić information content (AvgIpc) is 3.23. The van der Waals surface area contributed by atoms with E-state index >= 15 is 0 Å². The van der Waals surface area contributed by atoms with E-state index in [1.54, 1.807) is 30.3 Å². The van der Waals surface area contributed by atoms with Gasteiger partial charge in [0.25, 0.3) is 10.1 Å². The molecule has 0 fully saturated rings. The first-order chi connectivity index (χ1) is 29.8. The number of hydrogen-bond acceptors (Lipinski definition) is 9. The fourth-order valence-electron chi connectivity index (χ4n) is 7.33. The van der Waals surface area contributed by atoms with Gasteiger partial charge in [0.1, 0.15) is 38.9 Å². The van der Waals surface area contributed by atoms with Crippen molar-refractivity contribution < 1.29 is 45.6 Å². The van der Waals surface area contributed by atoms with Crippen LogP contribution in [0, 0.1) is 0 Å². The van der Waals surface area contributed by atoms with Crippen LogP contribution in [0.25, 0.3) is 0 Å². The van der Waals surface area contributed by atoms with E-state index in [1.807, 2.05) is 0 Å². The van der Waals surface area contributed by atoms with Gasteiger partial charge >= 0.3 is 37.7 Å². The zero-order valence-electron chi connectivity index (χ0n) is 37.7. The quantitative estimate of drug-likeness (QED) is 0.0291. The molecule has 63 heavy (non-hydrogen) atoms. The molecule has 0 heterocycles. The summed E-state index contributed by atoms with van der Waals surface area (Å²) in [4.78, 5) is -0.490. The molecule has 0 spiro atoms. The van der Waals surface area contributed by atoms with Crippen molar-refractivity contribution in [3.8, 4) is 34.5 Å². The number of unbranched alkanes of at least 4 members (excludes halogenated alkanes) is 20. The van der Waals surface area contributed by atoms with Crippen molar-refractivity contribution in [2.45, 2.75) is 178 Å². The van der Waals surface area contributed by atoms with Gasteiger partial charge in [0, 0.05) is 5.56 Å². The molecule has 0 aliphatic rings. The van der Waals surface area contributed by atoms with E-state index in [4.69, 9.17) is 14.0 Å². The Bertz CT molecular complexity index is 1910. The largest absolute Gasteiger partial charge is 2.00 e. The first kappa shape index (κ1) is 56.3. The Hall–Kier alpha value is -2.84. The average molecular weight is 935 g/mol. The van der Waals surface area contributed by atoms with Gasteiger partial charge in [0.15, 0.2) is 0 Å². The zero-order chi connectivity index (χ0) is 45.1. The molecule has 0 radical (unpaired) electrons. The first-order valence-corrected chi connectivity index (χ1v) is 25.8. The van der Waals surface area contributed by atoms with E-state index in [0.29, 0.717) is 35.0 Å². The molecule has 0 aromatic heterocycles. The van der Waals surface area contributed by atoms with E-state index in [2.05, 4.69) is 13.8 Å². The molecule has 4 aromatic rings. The van der Waals surface area contributed by atoms with Crippen molar-refractivity contribution in [3.63, 3.8) is 0 Å². The van der Waals surface area contributed by atoms with Crippen molar-refractivity contribution in [1.82, 2.24) is 0 Å². The fraction of sp³-hybridized carbons (Fsp3) is 0.520. The Morgan fingerprint density at radius 2 is 0.825 bits per heavy atom. The third kappa shape index (κ3) is 23.3. The topological polar surface area (TPSA) is 173 Å². The van der Waals surface area contributed by atoms with Crippen molar-refractivity contribution >= 4 is 58.0 Å². The van der Waals surface area contributed by atoms with Gasteiger partial charge in [0.05, 0.1) is 9.79 Å². The van der Waals surface area contributed by atoms with Gasteiger partial charge in [-0.05, 0) is 98.0 Å². The number of phenolic OH excluding ortho intramolecular Hbond substituents is 1. The number of aromatic hydroxyl groups is 1. The summed E-state index contributed by atoms with van der Waals surface area (Å²) in [5.41, 5.74) is 1.40. The molecule has 0 amide bonds. The number of ether oxygens (including phenoxy) is 2. The molecule has 4 rings (SSSR count). The third-order valence-corrected chi connectivity index (χ3v) is 12.7. The normalized spacial score (nSPS) is 11.4. The van der Waals surface area contributed by atoms with Crippen molar-refractivity contribution in [3.05, 3.63) is 96.1 Å². The molecule has 10 nitrogen and oxygen atoms in total. The SMILES string of the molecule is CCCCCCCCCCCCCc1c(O)cccc1Oc1ccc(S(=O)(=O)O)cc1.CCCCCCCCCCCCCc1c([O-])cccc1Oc1ccc(S(=O)(=O)[O-])cc1.[Ca+2]. The van der Waals surface area contributed by atoms with Gasteiger partial charge in [-0.15, -0.1) is 5.75 Å². The van der Waals surface area contributed by atoms with E-state index in [0.717, 1.165) is 37.7 Å². The van der Waals surface area contributed by atoms with Gasteiger partial charge in [-0.3, -0.25) is 4.55 Å². The first-order valence-electron chi connectivity index (χ1n) is 22.9. The van der Waals surface area contributed by atoms with Crippen LogP contribution in [0.4, 0.5) is 0 Å². The van der Waals surface area contributed by atoms with Crippen LogP contribution in [-0.4, -0.2) is 68.8 Å². The summed E-state index contributed by atoms with van der Waals surface area (Å²) in [7, 11) is -8.72. The summed E-state index contributed by atoms with van der Waals surface area (Å²) in [5, 5.41) is 22.6. The molecule has 0 atom stereocenters. The minimum absolute atomic E-state index is 0. The number of rotatable bonds is 30. The maximum atomic E-state index is 12.3. The van der Waals surface area contributed by atoms with Crippen LogP contribution < -0.4 is 14.6 Å². The molecule has 4 aromatic carbocycles. The predicted octanol–water partition coefficient (Wildman–Crippen LogP) is 13.2. The molecule has 0 saturated carbocycles. The summed E-state index contributed by atoms with van der Waals surface area (Å²) in [5.74, 6) is 2.03. The van der Waals surface area contributed by atoms with E-state index < -0.39 is 20.2 Å². The molecule has 2 N–H and O–H groups in total. The molecule has 0 aliphatic heterocycles. The maximum absolute atomic E-state index is 12.3. The molecule has 13 heteroatoms. The summed E-state index contributed by atoms with van der Waals surface area (Å²) in [6.45, 7) is 4.48. The Morgan fingerprint density at radius 3 is 1.22 bits per heavy atom. The van der Waals surface area contributed by atoms with Gasteiger partial charge in [-0.1, -0.05) is 160 Å².